The summed E-state index contributed by atoms with van der Waals surface area (Å²) in [5, 5.41) is 0. The molecule has 2 aliphatic heterocycles. The van der Waals surface area contributed by atoms with Crippen LogP contribution < -0.4 is 0 Å². The third-order valence-corrected chi connectivity index (χ3v) is 4.20. The van der Waals surface area contributed by atoms with E-state index < -0.39 is 5.79 Å². The zero-order valence-electron chi connectivity index (χ0n) is 12.8. The Balaban J connectivity index is 2.19. The number of rotatable bonds is 2. The zero-order chi connectivity index (χ0) is 13.9. The van der Waals surface area contributed by atoms with Gasteiger partial charge >= 0.3 is 0 Å². The van der Waals surface area contributed by atoms with Crippen LogP contribution in [0.4, 0.5) is 0 Å². The lowest BCUT2D eigenvalue weighted by atomic mass is 9.81. The van der Waals surface area contributed by atoms with Crippen LogP contribution in [0.3, 0.4) is 0 Å². The van der Waals surface area contributed by atoms with E-state index in [0.29, 0.717) is 24.4 Å². The zero-order valence-corrected chi connectivity index (χ0v) is 12.8. The van der Waals surface area contributed by atoms with Gasteiger partial charge in [0.05, 0.1) is 12.7 Å². The van der Waals surface area contributed by atoms with E-state index in [9.17, 15) is 0 Å². The molecule has 0 saturated heterocycles. The molecule has 1 spiro atoms. The molecule has 108 valence electrons. The fourth-order valence-corrected chi connectivity index (χ4v) is 3.04. The van der Waals surface area contributed by atoms with Crippen LogP contribution in [0.5, 0.6) is 0 Å². The minimum absolute atomic E-state index is 0.258. The molecule has 0 N–H and O–H groups in total. The number of hydrogen-bond donors (Lipinski definition) is 0. The molecule has 0 radical (unpaired) electrons. The van der Waals surface area contributed by atoms with Gasteiger partial charge in [0, 0.05) is 12.3 Å². The van der Waals surface area contributed by atoms with Crippen molar-refractivity contribution in [2.24, 2.45) is 17.8 Å². The molecule has 0 fully saturated rings. The first-order chi connectivity index (χ1) is 9.04. The van der Waals surface area contributed by atoms with Crippen molar-refractivity contribution >= 4 is 0 Å². The van der Waals surface area contributed by atoms with Gasteiger partial charge in [0.15, 0.2) is 5.79 Å². The highest BCUT2D eigenvalue weighted by atomic mass is 16.7. The molecule has 0 aromatic heterocycles. The minimum Gasteiger partial charge on any atom is -0.342 e. The van der Waals surface area contributed by atoms with Gasteiger partial charge in [0.25, 0.3) is 0 Å². The molecule has 0 saturated carbocycles. The lowest BCUT2D eigenvalue weighted by molar-refractivity contribution is -0.252. The van der Waals surface area contributed by atoms with Crippen LogP contribution in [0, 0.1) is 17.8 Å². The predicted octanol–water partition coefficient (Wildman–Crippen LogP) is 4.32. The summed E-state index contributed by atoms with van der Waals surface area (Å²) >= 11 is 0. The average molecular weight is 264 g/mol. The van der Waals surface area contributed by atoms with E-state index >= 15 is 0 Å². The highest BCUT2D eigenvalue weighted by Crippen LogP contribution is 2.38. The first kappa shape index (κ1) is 14.8. The standard InChI is InChI=1S/C17H28O2/c1-13(2)15-9-11-17(19-16(15)14(3)4)10-7-5-6-8-12-18-17/h6,8-9,11,13-16H,5,7,10,12H2,1-4H3/b8-6-/t15-,16-,17+/m0/s1. The normalized spacial score (nSPS) is 37.6. The van der Waals surface area contributed by atoms with Gasteiger partial charge in [0.1, 0.15) is 0 Å². The summed E-state index contributed by atoms with van der Waals surface area (Å²) in [4.78, 5) is 0. The molecule has 0 bridgehead atoms. The van der Waals surface area contributed by atoms with Gasteiger partial charge < -0.3 is 9.47 Å². The van der Waals surface area contributed by atoms with E-state index in [4.69, 9.17) is 9.47 Å². The van der Waals surface area contributed by atoms with Crippen molar-refractivity contribution in [3.63, 3.8) is 0 Å². The van der Waals surface area contributed by atoms with Gasteiger partial charge in [0.2, 0.25) is 0 Å². The SMILES string of the molecule is CC(C)[C@@H]1C=C[C@@]2(CCC/C=C\CO2)O[C@H]1C(C)C. The molecule has 3 atom stereocenters. The first-order valence-electron chi connectivity index (χ1n) is 7.70. The van der Waals surface area contributed by atoms with Gasteiger partial charge in [-0.1, -0.05) is 45.9 Å². The van der Waals surface area contributed by atoms with Crippen molar-refractivity contribution in [1.82, 2.24) is 0 Å². The maximum atomic E-state index is 6.44. The highest BCUT2D eigenvalue weighted by molar-refractivity contribution is 5.08. The summed E-state index contributed by atoms with van der Waals surface area (Å²) in [5.74, 6) is 1.13. The minimum atomic E-state index is -0.481. The molecular formula is C17H28O2. The monoisotopic (exact) mass is 264 g/mol. The van der Waals surface area contributed by atoms with Crippen LogP contribution in [0.2, 0.25) is 0 Å². The maximum absolute atomic E-state index is 6.44. The molecule has 0 amide bonds. The van der Waals surface area contributed by atoms with Gasteiger partial charge in [-0.3, -0.25) is 0 Å². The fourth-order valence-electron chi connectivity index (χ4n) is 3.04. The number of ether oxygens (including phenoxy) is 2. The molecular weight excluding hydrogens is 236 g/mol. The third-order valence-electron chi connectivity index (χ3n) is 4.20. The fraction of sp³-hybridized carbons (Fsp3) is 0.765. The van der Waals surface area contributed by atoms with Crippen molar-refractivity contribution in [3.05, 3.63) is 24.3 Å². The summed E-state index contributed by atoms with van der Waals surface area (Å²) in [6.45, 7) is 9.69. The molecule has 0 aliphatic carbocycles. The molecule has 2 heteroatoms. The molecule has 19 heavy (non-hydrogen) atoms. The second-order valence-electron chi connectivity index (χ2n) is 6.49. The molecule has 0 aromatic carbocycles. The number of allylic oxidation sites excluding steroid dienone is 1. The summed E-state index contributed by atoms with van der Waals surface area (Å²) in [7, 11) is 0. The van der Waals surface area contributed by atoms with Gasteiger partial charge in [-0.15, -0.1) is 0 Å². The van der Waals surface area contributed by atoms with Crippen molar-refractivity contribution < 1.29 is 9.47 Å². The van der Waals surface area contributed by atoms with E-state index in [1.165, 1.54) is 0 Å². The van der Waals surface area contributed by atoms with Gasteiger partial charge in [-0.2, -0.15) is 0 Å². The first-order valence-corrected chi connectivity index (χ1v) is 7.70. The molecule has 0 unspecified atom stereocenters. The lowest BCUT2D eigenvalue weighted by Crippen LogP contribution is -2.47. The van der Waals surface area contributed by atoms with Gasteiger partial charge in [-0.25, -0.2) is 0 Å². The van der Waals surface area contributed by atoms with E-state index in [1.807, 2.05) is 0 Å². The Hall–Kier alpha value is -0.600. The summed E-state index contributed by atoms with van der Waals surface area (Å²) in [6, 6.07) is 0. The summed E-state index contributed by atoms with van der Waals surface area (Å²) in [6.07, 6.45) is 12.3. The average Bonchev–Trinajstić information content (AvgIpc) is 2.34. The molecule has 2 nitrogen and oxygen atoms in total. The Morgan fingerprint density at radius 3 is 2.58 bits per heavy atom. The Morgan fingerprint density at radius 1 is 1.11 bits per heavy atom. The van der Waals surface area contributed by atoms with Gasteiger partial charge in [-0.05, 0) is 30.8 Å². The quantitative estimate of drug-likeness (QED) is 0.691. The molecule has 0 aromatic rings. The number of hydrogen-bond acceptors (Lipinski definition) is 2. The van der Waals surface area contributed by atoms with Crippen LogP contribution in [0.25, 0.3) is 0 Å². The van der Waals surface area contributed by atoms with Crippen molar-refractivity contribution in [2.75, 3.05) is 6.61 Å². The highest BCUT2D eigenvalue weighted by Gasteiger charge is 2.40. The Kier molecular flexibility index (Phi) is 4.86. The van der Waals surface area contributed by atoms with Crippen LogP contribution in [-0.4, -0.2) is 18.5 Å². The molecule has 2 heterocycles. The smallest absolute Gasteiger partial charge is 0.188 e. The van der Waals surface area contributed by atoms with Crippen LogP contribution in [-0.2, 0) is 9.47 Å². The molecule has 2 aliphatic rings. The van der Waals surface area contributed by atoms with Crippen LogP contribution in [0.15, 0.2) is 24.3 Å². The summed E-state index contributed by atoms with van der Waals surface area (Å²) in [5.41, 5.74) is 0. The van der Waals surface area contributed by atoms with E-state index in [-0.39, 0.29) is 6.10 Å². The summed E-state index contributed by atoms with van der Waals surface area (Å²) < 4.78 is 12.5. The maximum Gasteiger partial charge on any atom is 0.188 e. The van der Waals surface area contributed by atoms with E-state index in [0.717, 1.165) is 19.3 Å². The van der Waals surface area contributed by atoms with Crippen molar-refractivity contribution in [1.29, 1.82) is 0 Å². The third kappa shape index (κ3) is 3.49. The second-order valence-corrected chi connectivity index (χ2v) is 6.49. The Morgan fingerprint density at radius 2 is 1.89 bits per heavy atom. The van der Waals surface area contributed by atoms with Crippen LogP contribution in [0.1, 0.15) is 47.0 Å². The molecule has 2 rings (SSSR count). The second kappa shape index (κ2) is 6.23. The van der Waals surface area contributed by atoms with E-state index in [1.54, 1.807) is 0 Å². The lowest BCUT2D eigenvalue weighted by Gasteiger charge is -2.44. The topological polar surface area (TPSA) is 18.5 Å². The van der Waals surface area contributed by atoms with E-state index in [2.05, 4.69) is 52.0 Å². The van der Waals surface area contributed by atoms with Crippen LogP contribution >= 0.6 is 0 Å². The Labute approximate surface area is 117 Å². The predicted molar refractivity (Wildman–Crippen MR) is 78.9 cm³/mol. The van der Waals surface area contributed by atoms with Crippen molar-refractivity contribution in [2.45, 2.75) is 58.8 Å². The van der Waals surface area contributed by atoms with Crippen molar-refractivity contribution in [3.8, 4) is 0 Å². The largest absolute Gasteiger partial charge is 0.342 e. The Bertz CT molecular complexity index is 343.